The Labute approximate surface area is 132 Å². The molecule has 0 aliphatic heterocycles. The molecule has 2 aromatic carbocycles. The number of hydrogen-bond donors (Lipinski definition) is 0. The summed E-state index contributed by atoms with van der Waals surface area (Å²) in [5.41, 5.74) is 0.962. The van der Waals surface area contributed by atoms with E-state index in [0.717, 1.165) is 14.5 Å². The Balaban J connectivity index is 2.28. The molecule has 0 spiro atoms. The quantitative estimate of drug-likeness (QED) is 0.532. The Morgan fingerprint density at radius 3 is 2.33 bits per heavy atom. The molecule has 0 amide bonds. The van der Waals surface area contributed by atoms with E-state index in [1.807, 2.05) is 30.3 Å². The molecule has 0 saturated heterocycles. The Bertz CT molecular complexity index is 573. The Morgan fingerprint density at radius 2 is 1.72 bits per heavy atom. The summed E-state index contributed by atoms with van der Waals surface area (Å²) in [5, 5.41) is 0.544. The van der Waals surface area contributed by atoms with Gasteiger partial charge in [0.25, 0.3) is 0 Å². The van der Waals surface area contributed by atoms with Crippen molar-refractivity contribution in [3.8, 4) is 11.5 Å². The zero-order valence-corrected chi connectivity index (χ0v) is 13.8. The van der Waals surface area contributed by atoms with Gasteiger partial charge in [0.05, 0.1) is 9.50 Å². The summed E-state index contributed by atoms with van der Waals surface area (Å²) in [6, 6.07) is 11.2. The summed E-state index contributed by atoms with van der Waals surface area (Å²) >= 11 is 18.7. The van der Waals surface area contributed by atoms with Crippen LogP contribution in [0.3, 0.4) is 0 Å². The molecule has 0 aliphatic carbocycles. The van der Waals surface area contributed by atoms with Crippen LogP contribution in [0.4, 0.5) is 0 Å². The molecule has 0 atom stereocenters. The molecule has 0 N–H and O–H groups in total. The Morgan fingerprint density at radius 1 is 1.00 bits per heavy atom. The highest BCUT2D eigenvalue weighted by molar-refractivity contribution is 9.11. The van der Waals surface area contributed by atoms with Crippen LogP contribution in [0.1, 0.15) is 5.56 Å². The molecule has 0 aliphatic rings. The van der Waals surface area contributed by atoms with Gasteiger partial charge in [0.2, 0.25) is 0 Å². The van der Waals surface area contributed by atoms with Crippen LogP contribution in [0, 0.1) is 0 Å². The van der Waals surface area contributed by atoms with Crippen molar-refractivity contribution in [2.75, 3.05) is 0 Å². The van der Waals surface area contributed by atoms with Crippen molar-refractivity contribution in [1.82, 2.24) is 0 Å². The highest BCUT2D eigenvalue weighted by Crippen LogP contribution is 2.35. The van der Waals surface area contributed by atoms with Crippen molar-refractivity contribution in [1.29, 1.82) is 0 Å². The molecule has 0 radical (unpaired) electrons. The van der Waals surface area contributed by atoms with Crippen molar-refractivity contribution in [3.05, 3.63) is 55.9 Å². The predicted molar refractivity (Wildman–Crippen MR) is 82.9 cm³/mol. The van der Waals surface area contributed by atoms with E-state index in [0.29, 0.717) is 22.4 Å². The molecule has 0 aromatic heterocycles. The fraction of sp³-hybridized carbons (Fsp3) is 0.0769. The second-order valence-electron chi connectivity index (χ2n) is 3.58. The first kappa shape index (κ1) is 14.2. The normalized spacial score (nSPS) is 10.4. The van der Waals surface area contributed by atoms with Crippen molar-refractivity contribution in [2.45, 2.75) is 5.88 Å². The third-order valence-electron chi connectivity index (χ3n) is 2.26. The second-order valence-corrected chi connectivity index (χ2v) is 6.02. The molecular weight excluding hydrogens is 403 g/mol. The zero-order valence-electron chi connectivity index (χ0n) is 9.09. The maximum absolute atomic E-state index is 6.13. The average molecular weight is 411 g/mol. The summed E-state index contributed by atoms with van der Waals surface area (Å²) in [6.45, 7) is 0. The number of ether oxygens (including phenoxy) is 1. The first-order valence-electron chi connectivity index (χ1n) is 5.07. The van der Waals surface area contributed by atoms with Crippen LogP contribution in [-0.4, -0.2) is 0 Å². The van der Waals surface area contributed by atoms with Gasteiger partial charge in [-0.25, -0.2) is 0 Å². The smallest absolute Gasteiger partial charge is 0.146 e. The highest BCUT2D eigenvalue weighted by Gasteiger charge is 2.07. The number of halogens is 4. The summed E-state index contributed by atoms with van der Waals surface area (Å²) in [6.07, 6.45) is 0. The van der Waals surface area contributed by atoms with Crippen molar-refractivity contribution in [3.63, 3.8) is 0 Å². The van der Waals surface area contributed by atoms with Crippen LogP contribution < -0.4 is 4.74 Å². The van der Waals surface area contributed by atoms with E-state index in [1.54, 1.807) is 6.07 Å². The van der Waals surface area contributed by atoms with Gasteiger partial charge in [-0.15, -0.1) is 11.6 Å². The van der Waals surface area contributed by atoms with E-state index in [9.17, 15) is 0 Å². The van der Waals surface area contributed by atoms with Gasteiger partial charge < -0.3 is 4.74 Å². The lowest BCUT2D eigenvalue weighted by Crippen LogP contribution is -1.88. The molecule has 1 nitrogen and oxygen atoms in total. The van der Waals surface area contributed by atoms with Gasteiger partial charge in [-0.05, 0) is 51.8 Å². The topological polar surface area (TPSA) is 9.23 Å². The first-order chi connectivity index (χ1) is 8.60. The molecule has 94 valence electrons. The largest absolute Gasteiger partial charge is 0.455 e. The maximum Gasteiger partial charge on any atom is 0.146 e. The lowest BCUT2D eigenvalue weighted by Gasteiger charge is -2.10. The standard InChI is InChI=1S/C13H8Br2Cl2O/c14-9-2-4-12(10(15)6-9)18-13-3-1-8(7-16)5-11(13)17/h1-6H,7H2. The summed E-state index contributed by atoms with van der Waals surface area (Å²) in [5.74, 6) is 1.74. The molecule has 0 heterocycles. The Kier molecular flexibility index (Phi) is 4.96. The summed E-state index contributed by atoms with van der Waals surface area (Å²) in [7, 11) is 0. The third-order valence-corrected chi connectivity index (χ3v) is 3.98. The van der Waals surface area contributed by atoms with E-state index >= 15 is 0 Å². The van der Waals surface area contributed by atoms with Crippen LogP contribution in [-0.2, 0) is 5.88 Å². The SMILES string of the molecule is ClCc1ccc(Oc2ccc(Br)cc2Br)c(Cl)c1. The summed E-state index contributed by atoms with van der Waals surface area (Å²) < 4.78 is 7.58. The third kappa shape index (κ3) is 3.41. The minimum atomic E-state index is 0.433. The van der Waals surface area contributed by atoms with Gasteiger partial charge in [-0.1, -0.05) is 33.6 Å². The van der Waals surface area contributed by atoms with Crippen molar-refractivity contribution < 1.29 is 4.74 Å². The number of hydrogen-bond acceptors (Lipinski definition) is 1. The second kappa shape index (κ2) is 6.29. The van der Waals surface area contributed by atoms with E-state index < -0.39 is 0 Å². The number of alkyl halides is 1. The molecule has 2 rings (SSSR count). The molecule has 2 aromatic rings. The van der Waals surface area contributed by atoms with E-state index in [1.165, 1.54) is 0 Å². The van der Waals surface area contributed by atoms with Crippen molar-refractivity contribution in [2.24, 2.45) is 0 Å². The van der Waals surface area contributed by atoms with Crippen LogP contribution >= 0.6 is 55.1 Å². The summed E-state index contributed by atoms with van der Waals surface area (Å²) in [4.78, 5) is 0. The van der Waals surface area contributed by atoms with Gasteiger partial charge in [0.1, 0.15) is 11.5 Å². The van der Waals surface area contributed by atoms with Crippen LogP contribution in [0.2, 0.25) is 5.02 Å². The van der Waals surface area contributed by atoms with E-state index in [2.05, 4.69) is 31.9 Å². The van der Waals surface area contributed by atoms with Gasteiger partial charge in [-0.3, -0.25) is 0 Å². The molecule has 0 unspecified atom stereocenters. The van der Waals surface area contributed by atoms with Crippen LogP contribution in [0.25, 0.3) is 0 Å². The average Bonchev–Trinajstić information content (AvgIpc) is 2.34. The monoisotopic (exact) mass is 408 g/mol. The fourth-order valence-electron chi connectivity index (χ4n) is 1.39. The Hall–Kier alpha value is -0.220. The maximum atomic E-state index is 6.13. The lowest BCUT2D eigenvalue weighted by atomic mass is 10.2. The van der Waals surface area contributed by atoms with E-state index in [-0.39, 0.29) is 0 Å². The molecular formula is C13H8Br2Cl2O. The highest BCUT2D eigenvalue weighted by atomic mass is 79.9. The number of benzene rings is 2. The van der Waals surface area contributed by atoms with Crippen LogP contribution in [0.15, 0.2) is 45.3 Å². The molecule has 0 saturated carbocycles. The predicted octanol–water partition coefficient (Wildman–Crippen LogP) is 6.40. The van der Waals surface area contributed by atoms with Gasteiger partial charge >= 0.3 is 0 Å². The fourth-order valence-corrected chi connectivity index (χ4v) is 2.92. The van der Waals surface area contributed by atoms with Gasteiger partial charge in [-0.2, -0.15) is 0 Å². The molecule has 5 heteroatoms. The number of rotatable bonds is 3. The molecule has 18 heavy (non-hydrogen) atoms. The van der Waals surface area contributed by atoms with Gasteiger partial charge in [0.15, 0.2) is 0 Å². The van der Waals surface area contributed by atoms with Gasteiger partial charge in [0, 0.05) is 10.4 Å². The molecule has 0 fully saturated rings. The first-order valence-corrected chi connectivity index (χ1v) is 7.57. The zero-order chi connectivity index (χ0) is 13.1. The van der Waals surface area contributed by atoms with E-state index in [4.69, 9.17) is 27.9 Å². The minimum absolute atomic E-state index is 0.433. The minimum Gasteiger partial charge on any atom is -0.455 e. The molecule has 0 bridgehead atoms. The van der Waals surface area contributed by atoms with Crippen LogP contribution in [0.5, 0.6) is 11.5 Å². The lowest BCUT2D eigenvalue weighted by molar-refractivity contribution is 0.479. The van der Waals surface area contributed by atoms with Crippen molar-refractivity contribution >= 4 is 55.1 Å².